The number of carbonyl (C=O) groups excluding carboxylic acids is 1. The molecule has 1 rings (SSSR count). The highest BCUT2D eigenvalue weighted by Crippen LogP contribution is 2.24. The van der Waals surface area contributed by atoms with Gasteiger partial charge >= 0.3 is 6.09 Å². The van der Waals surface area contributed by atoms with Gasteiger partial charge in [0.2, 0.25) is 0 Å². The molecule has 94 valence electrons. The van der Waals surface area contributed by atoms with Crippen LogP contribution in [0.5, 0.6) is 0 Å². The number of halogens is 2. The molecule has 0 aliphatic heterocycles. The zero-order valence-electron chi connectivity index (χ0n) is 9.43. The first-order valence-electron chi connectivity index (χ1n) is 5.23. The molecule has 4 nitrogen and oxygen atoms in total. The summed E-state index contributed by atoms with van der Waals surface area (Å²) in [6.07, 6.45) is -0.513. The smallest absolute Gasteiger partial charge is 0.411 e. The summed E-state index contributed by atoms with van der Waals surface area (Å²) in [6, 6.07) is 4.83. The third-order valence-electron chi connectivity index (χ3n) is 1.93. The Morgan fingerprint density at radius 2 is 2.12 bits per heavy atom. The van der Waals surface area contributed by atoms with Crippen LogP contribution in [0.3, 0.4) is 0 Å². The van der Waals surface area contributed by atoms with Gasteiger partial charge in [-0.3, -0.25) is 5.32 Å². The van der Waals surface area contributed by atoms with Crippen molar-refractivity contribution in [1.82, 2.24) is 5.32 Å². The fraction of sp³-hybridized carbons (Fsp3) is 0.364. The molecular weight excluding hydrogens is 263 g/mol. The second-order valence-corrected chi connectivity index (χ2v) is 4.06. The van der Waals surface area contributed by atoms with Crippen molar-refractivity contribution in [1.29, 1.82) is 0 Å². The first-order chi connectivity index (χ1) is 8.13. The fourth-order valence-corrected chi connectivity index (χ4v) is 1.42. The van der Waals surface area contributed by atoms with E-state index >= 15 is 0 Å². The predicted octanol–water partition coefficient (Wildman–Crippen LogP) is 3.15. The monoisotopic (exact) mass is 276 g/mol. The Labute approximate surface area is 110 Å². The highest BCUT2D eigenvalue weighted by Gasteiger charge is 2.04. The molecule has 0 aromatic heterocycles. The average Bonchev–Trinajstić information content (AvgIpc) is 2.30. The number of nitrogens with one attached hydrogen (secondary N) is 2. The minimum Gasteiger partial charge on any atom is -0.448 e. The van der Waals surface area contributed by atoms with Gasteiger partial charge in [0.15, 0.2) is 0 Å². The summed E-state index contributed by atoms with van der Waals surface area (Å²) in [5.74, 6) is 0. The van der Waals surface area contributed by atoms with Gasteiger partial charge in [-0.1, -0.05) is 30.1 Å². The molecule has 0 unspecified atom stereocenters. The van der Waals surface area contributed by atoms with Gasteiger partial charge in [0.05, 0.1) is 10.0 Å². The number of rotatable bonds is 5. The summed E-state index contributed by atoms with van der Waals surface area (Å²) in [4.78, 5) is 11.3. The molecule has 0 radical (unpaired) electrons. The van der Waals surface area contributed by atoms with Crippen molar-refractivity contribution in [3.63, 3.8) is 0 Å². The van der Waals surface area contributed by atoms with E-state index < -0.39 is 6.09 Å². The van der Waals surface area contributed by atoms with Crippen molar-refractivity contribution in [3.05, 3.63) is 28.2 Å². The molecule has 1 aromatic carbocycles. The van der Waals surface area contributed by atoms with Gasteiger partial charge in [-0.25, -0.2) is 4.79 Å². The van der Waals surface area contributed by atoms with E-state index in [4.69, 9.17) is 27.9 Å². The van der Waals surface area contributed by atoms with Crippen LogP contribution in [0.1, 0.15) is 6.92 Å². The fourth-order valence-electron chi connectivity index (χ4n) is 1.12. The molecule has 0 aliphatic rings. The number of amides is 1. The van der Waals surface area contributed by atoms with Gasteiger partial charge < -0.3 is 10.1 Å². The number of hydrogen-bond donors (Lipinski definition) is 2. The van der Waals surface area contributed by atoms with Gasteiger partial charge in [0.25, 0.3) is 0 Å². The largest absolute Gasteiger partial charge is 0.448 e. The van der Waals surface area contributed by atoms with Gasteiger partial charge in [-0.15, -0.1) is 0 Å². The van der Waals surface area contributed by atoms with Gasteiger partial charge in [0.1, 0.15) is 6.61 Å². The summed E-state index contributed by atoms with van der Waals surface area (Å²) in [5.41, 5.74) is 0.549. The lowest BCUT2D eigenvalue weighted by atomic mass is 10.3. The normalized spacial score (nSPS) is 10.1. The second-order valence-electron chi connectivity index (χ2n) is 3.24. The number of benzene rings is 1. The average molecular weight is 277 g/mol. The molecule has 0 atom stereocenters. The zero-order chi connectivity index (χ0) is 12.7. The van der Waals surface area contributed by atoms with Crippen LogP contribution in [-0.4, -0.2) is 25.8 Å². The van der Waals surface area contributed by atoms with Crippen LogP contribution >= 0.6 is 23.2 Å². The van der Waals surface area contributed by atoms with Crippen LogP contribution in [0.4, 0.5) is 10.5 Å². The van der Waals surface area contributed by atoms with Crippen LogP contribution in [0.15, 0.2) is 18.2 Å². The Morgan fingerprint density at radius 3 is 2.76 bits per heavy atom. The standard InChI is InChI=1S/C11H14Cl2N2O2/c1-2-14-5-6-17-11(16)15-8-3-4-9(12)10(13)7-8/h3-4,7,14H,2,5-6H2,1H3,(H,15,16). The summed E-state index contributed by atoms with van der Waals surface area (Å²) < 4.78 is 4.93. The quantitative estimate of drug-likeness (QED) is 0.813. The molecule has 1 amide bonds. The number of likely N-dealkylation sites (N-methyl/N-ethyl adjacent to an activating group) is 1. The van der Waals surface area contributed by atoms with Crippen LogP contribution in [0.25, 0.3) is 0 Å². The third kappa shape index (κ3) is 5.26. The lowest BCUT2D eigenvalue weighted by Gasteiger charge is -2.07. The van der Waals surface area contributed by atoms with E-state index in [0.717, 1.165) is 6.54 Å². The van der Waals surface area contributed by atoms with E-state index in [1.54, 1.807) is 18.2 Å². The van der Waals surface area contributed by atoms with Crippen molar-refractivity contribution in [3.8, 4) is 0 Å². The maximum absolute atomic E-state index is 11.3. The van der Waals surface area contributed by atoms with Crippen molar-refractivity contribution < 1.29 is 9.53 Å². The van der Waals surface area contributed by atoms with Gasteiger partial charge in [-0.2, -0.15) is 0 Å². The maximum atomic E-state index is 11.3. The Bertz CT molecular complexity index is 386. The van der Waals surface area contributed by atoms with Gasteiger partial charge in [-0.05, 0) is 24.7 Å². The van der Waals surface area contributed by atoms with E-state index in [9.17, 15) is 4.79 Å². The summed E-state index contributed by atoms with van der Waals surface area (Å²) in [5, 5.41) is 6.42. The summed E-state index contributed by atoms with van der Waals surface area (Å²) in [7, 11) is 0. The van der Waals surface area contributed by atoms with Crippen molar-refractivity contribution in [2.24, 2.45) is 0 Å². The highest BCUT2D eigenvalue weighted by molar-refractivity contribution is 6.42. The maximum Gasteiger partial charge on any atom is 0.411 e. The molecule has 2 N–H and O–H groups in total. The van der Waals surface area contributed by atoms with E-state index in [2.05, 4.69) is 10.6 Å². The number of carbonyl (C=O) groups is 1. The Balaban J connectivity index is 2.37. The minimum absolute atomic E-state index is 0.320. The van der Waals surface area contributed by atoms with Crippen molar-refractivity contribution in [2.45, 2.75) is 6.92 Å². The zero-order valence-corrected chi connectivity index (χ0v) is 10.9. The lowest BCUT2D eigenvalue weighted by molar-refractivity contribution is 0.162. The Kier molecular flexibility index (Phi) is 6.11. The lowest BCUT2D eigenvalue weighted by Crippen LogP contribution is -2.23. The summed E-state index contributed by atoms with van der Waals surface area (Å²) in [6.45, 7) is 3.78. The van der Waals surface area contributed by atoms with E-state index in [-0.39, 0.29) is 0 Å². The minimum atomic E-state index is -0.513. The number of hydrogen-bond acceptors (Lipinski definition) is 3. The van der Waals surface area contributed by atoms with Crippen molar-refractivity contribution >= 4 is 35.0 Å². The molecule has 0 fully saturated rings. The van der Waals surface area contributed by atoms with Crippen LogP contribution < -0.4 is 10.6 Å². The SMILES string of the molecule is CCNCCOC(=O)Nc1ccc(Cl)c(Cl)c1. The number of ether oxygens (including phenoxy) is 1. The predicted molar refractivity (Wildman–Crippen MR) is 70.0 cm³/mol. The summed E-state index contributed by atoms with van der Waals surface area (Å²) >= 11 is 11.6. The molecule has 0 saturated carbocycles. The van der Waals surface area contributed by atoms with E-state index in [1.807, 2.05) is 6.92 Å². The van der Waals surface area contributed by atoms with E-state index in [1.165, 1.54) is 0 Å². The Hall–Kier alpha value is -0.970. The van der Waals surface area contributed by atoms with Gasteiger partial charge in [0, 0.05) is 12.2 Å². The molecule has 1 aromatic rings. The highest BCUT2D eigenvalue weighted by atomic mass is 35.5. The van der Waals surface area contributed by atoms with Crippen LogP contribution in [0.2, 0.25) is 10.0 Å². The molecule has 6 heteroatoms. The van der Waals surface area contributed by atoms with Crippen LogP contribution in [0, 0.1) is 0 Å². The molecule has 17 heavy (non-hydrogen) atoms. The topological polar surface area (TPSA) is 50.4 Å². The molecule has 0 aliphatic carbocycles. The molecule has 0 bridgehead atoms. The third-order valence-corrected chi connectivity index (χ3v) is 2.67. The van der Waals surface area contributed by atoms with Crippen LogP contribution in [-0.2, 0) is 4.74 Å². The Morgan fingerprint density at radius 1 is 1.35 bits per heavy atom. The van der Waals surface area contributed by atoms with E-state index in [0.29, 0.717) is 28.9 Å². The molecule has 0 spiro atoms. The molecule has 0 heterocycles. The first-order valence-corrected chi connectivity index (χ1v) is 5.98. The molecule has 0 saturated heterocycles. The first kappa shape index (κ1) is 14.1. The van der Waals surface area contributed by atoms with Crippen molar-refractivity contribution in [2.75, 3.05) is 25.0 Å². The second kappa shape index (κ2) is 7.37. The molecular formula is C11H14Cl2N2O2. The number of anilines is 1.